The van der Waals surface area contributed by atoms with Crippen molar-refractivity contribution >= 4 is 0 Å². The highest BCUT2D eigenvalue weighted by atomic mass is 19.4. The molecular weight excluding hydrogens is 229 g/mol. The van der Waals surface area contributed by atoms with E-state index in [1.165, 1.54) is 12.1 Å². The molecule has 4 heteroatoms. The average Bonchev–Trinajstić information content (AvgIpc) is 2.23. The van der Waals surface area contributed by atoms with E-state index in [0.29, 0.717) is 19.1 Å². The van der Waals surface area contributed by atoms with Gasteiger partial charge in [0.15, 0.2) is 0 Å². The van der Waals surface area contributed by atoms with E-state index < -0.39 is 11.7 Å². The number of hydrogen-bond donors (Lipinski definition) is 0. The summed E-state index contributed by atoms with van der Waals surface area (Å²) in [7, 11) is 0. The topological polar surface area (TPSA) is 9.23 Å². The number of halogens is 3. The maximum absolute atomic E-state index is 12.3. The van der Waals surface area contributed by atoms with Gasteiger partial charge in [0.2, 0.25) is 0 Å². The molecule has 0 aliphatic heterocycles. The van der Waals surface area contributed by atoms with Gasteiger partial charge in [0.05, 0.1) is 12.2 Å². The second-order valence-electron chi connectivity index (χ2n) is 4.43. The van der Waals surface area contributed by atoms with E-state index in [-0.39, 0.29) is 0 Å². The van der Waals surface area contributed by atoms with Gasteiger partial charge in [-0.25, -0.2) is 0 Å². The molecule has 0 bridgehead atoms. The Morgan fingerprint density at radius 2 is 1.71 bits per heavy atom. The van der Waals surface area contributed by atoms with E-state index in [9.17, 15) is 13.2 Å². The summed E-state index contributed by atoms with van der Waals surface area (Å²) in [6.07, 6.45) is -3.31. The van der Waals surface area contributed by atoms with E-state index in [0.717, 1.165) is 24.1 Å². The van der Waals surface area contributed by atoms with Crippen LogP contribution in [-0.4, -0.2) is 6.61 Å². The first-order chi connectivity index (χ1) is 7.89. The number of hydrogen-bond acceptors (Lipinski definition) is 1. The minimum atomic E-state index is -4.27. The van der Waals surface area contributed by atoms with Crippen molar-refractivity contribution in [3.8, 4) is 0 Å². The van der Waals surface area contributed by atoms with Crippen LogP contribution in [0.15, 0.2) is 24.3 Å². The molecule has 0 atom stereocenters. The van der Waals surface area contributed by atoms with Gasteiger partial charge < -0.3 is 4.74 Å². The van der Waals surface area contributed by atoms with Gasteiger partial charge in [-0.1, -0.05) is 26.0 Å². The molecule has 1 nitrogen and oxygen atoms in total. The van der Waals surface area contributed by atoms with Gasteiger partial charge in [-0.3, -0.25) is 0 Å². The summed E-state index contributed by atoms with van der Waals surface area (Å²) in [4.78, 5) is 0. The molecule has 0 aliphatic rings. The predicted molar refractivity (Wildman–Crippen MR) is 60.6 cm³/mol. The normalized spacial score (nSPS) is 12.1. The summed E-state index contributed by atoms with van der Waals surface area (Å²) in [6, 6.07) is 5.08. The van der Waals surface area contributed by atoms with Crippen molar-refractivity contribution in [1.82, 2.24) is 0 Å². The molecular formula is C13H17F3O. The Kier molecular flexibility index (Phi) is 5.00. The van der Waals surface area contributed by atoms with Crippen LogP contribution in [0, 0.1) is 5.92 Å². The van der Waals surface area contributed by atoms with Crippen LogP contribution in [0.1, 0.15) is 31.4 Å². The second kappa shape index (κ2) is 6.05. The SMILES string of the molecule is CC(C)CCOCc1ccc(C(F)(F)F)cc1. The quantitative estimate of drug-likeness (QED) is 0.705. The monoisotopic (exact) mass is 246 g/mol. The van der Waals surface area contributed by atoms with Crippen LogP contribution in [-0.2, 0) is 17.5 Å². The van der Waals surface area contributed by atoms with Crippen LogP contribution < -0.4 is 0 Å². The number of alkyl halides is 3. The zero-order valence-corrected chi connectivity index (χ0v) is 10.1. The Labute approximate surface area is 99.6 Å². The third-order valence-corrected chi connectivity index (χ3v) is 2.39. The van der Waals surface area contributed by atoms with Crippen molar-refractivity contribution in [2.75, 3.05) is 6.61 Å². The summed E-state index contributed by atoms with van der Waals surface area (Å²) in [5.41, 5.74) is 0.144. The Hall–Kier alpha value is -1.03. The average molecular weight is 246 g/mol. The summed E-state index contributed by atoms with van der Waals surface area (Å²) in [5, 5.41) is 0. The lowest BCUT2D eigenvalue weighted by atomic mass is 10.1. The molecule has 1 aromatic rings. The molecule has 0 radical (unpaired) electrons. The minimum absolute atomic E-state index is 0.366. The zero-order valence-electron chi connectivity index (χ0n) is 10.1. The molecule has 0 saturated heterocycles. The molecule has 17 heavy (non-hydrogen) atoms. The molecule has 0 heterocycles. The van der Waals surface area contributed by atoms with E-state index in [1.807, 2.05) is 0 Å². The highest BCUT2D eigenvalue weighted by Crippen LogP contribution is 2.29. The first-order valence-corrected chi connectivity index (χ1v) is 5.63. The van der Waals surface area contributed by atoms with Gasteiger partial charge in [0, 0.05) is 6.61 Å². The summed E-state index contributed by atoms with van der Waals surface area (Å²) < 4.78 is 42.2. The van der Waals surface area contributed by atoms with Gasteiger partial charge in [0.25, 0.3) is 0 Å². The zero-order chi connectivity index (χ0) is 12.9. The van der Waals surface area contributed by atoms with Gasteiger partial charge in [0.1, 0.15) is 0 Å². The summed E-state index contributed by atoms with van der Waals surface area (Å²) in [5.74, 6) is 0.572. The molecule has 96 valence electrons. The molecule has 0 saturated carbocycles. The third-order valence-electron chi connectivity index (χ3n) is 2.39. The van der Waals surface area contributed by atoms with Gasteiger partial charge in [-0.2, -0.15) is 13.2 Å². The van der Waals surface area contributed by atoms with Crippen LogP contribution in [0.4, 0.5) is 13.2 Å². The first-order valence-electron chi connectivity index (χ1n) is 5.63. The Balaban J connectivity index is 2.41. The predicted octanol–water partition coefficient (Wildman–Crippen LogP) is 4.27. The van der Waals surface area contributed by atoms with Crippen molar-refractivity contribution in [2.45, 2.75) is 33.1 Å². The fourth-order valence-corrected chi connectivity index (χ4v) is 1.30. The van der Waals surface area contributed by atoms with Gasteiger partial charge in [-0.15, -0.1) is 0 Å². The highest BCUT2D eigenvalue weighted by molar-refractivity contribution is 5.24. The number of rotatable bonds is 5. The standard InChI is InChI=1S/C13H17F3O/c1-10(2)7-8-17-9-11-3-5-12(6-4-11)13(14,15)16/h3-6,10H,7-9H2,1-2H3. The maximum atomic E-state index is 12.3. The molecule has 0 fully saturated rings. The van der Waals surface area contributed by atoms with Crippen LogP contribution >= 0.6 is 0 Å². The molecule has 0 aromatic heterocycles. The third kappa shape index (κ3) is 5.22. The lowest BCUT2D eigenvalue weighted by molar-refractivity contribution is -0.137. The summed E-state index contributed by atoms with van der Waals surface area (Å²) in [6.45, 7) is 5.20. The van der Waals surface area contributed by atoms with Crippen LogP contribution in [0.25, 0.3) is 0 Å². The van der Waals surface area contributed by atoms with E-state index in [4.69, 9.17) is 4.74 Å². The van der Waals surface area contributed by atoms with Crippen LogP contribution in [0.5, 0.6) is 0 Å². The van der Waals surface area contributed by atoms with Crippen molar-refractivity contribution in [3.05, 3.63) is 35.4 Å². The largest absolute Gasteiger partial charge is 0.416 e. The first kappa shape index (κ1) is 14.0. The molecule has 0 aliphatic carbocycles. The Bertz CT molecular complexity index is 328. The van der Waals surface area contributed by atoms with Crippen molar-refractivity contribution in [3.63, 3.8) is 0 Å². The van der Waals surface area contributed by atoms with E-state index >= 15 is 0 Å². The number of ether oxygens (including phenoxy) is 1. The molecule has 0 N–H and O–H groups in total. The molecule has 0 unspecified atom stereocenters. The number of benzene rings is 1. The minimum Gasteiger partial charge on any atom is -0.377 e. The second-order valence-corrected chi connectivity index (χ2v) is 4.43. The molecule has 1 aromatic carbocycles. The fraction of sp³-hybridized carbons (Fsp3) is 0.538. The fourth-order valence-electron chi connectivity index (χ4n) is 1.30. The summed E-state index contributed by atoms with van der Waals surface area (Å²) >= 11 is 0. The van der Waals surface area contributed by atoms with Crippen LogP contribution in [0.2, 0.25) is 0 Å². The van der Waals surface area contributed by atoms with Gasteiger partial charge >= 0.3 is 6.18 Å². The lowest BCUT2D eigenvalue weighted by Crippen LogP contribution is -2.05. The van der Waals surface area contributed by atoms with Crippen molar-refractivity contribution < 1.29 is 17.9 Å². The van der Waals surface area contributed by atoms with E-state index in [2.05, 4.69) is 13.8 Å². The Morgan fingerprint density at radius 3 is 2.18 bits per heavy atom. The van der Waals surface area contributed by atoms with Crippen LogP contribution in [0.3, 0.4) is 0 Å². The molecule has 0 spiro atoms. The van der Waals surface area contributed by atoms with E-state index in [1.54, 1.807) is 0 Å². The molecule has 0 amide bonds. The smallest absolute Gasteiger partial charge is 0.377 e. The highest BCUT2D eigenvalue weighted by Gasteiger charge is 2.29. The maximum Gasteiger partial charge on any atom is 0.416 e. The van der Waals surface area contributed by atoms with Gasteiger partial charge in [-0.05, 0) is 30.0 Å². The van der Waals surface area contributed by atoms with Crippen molar-refractivity contribution in [2.24, 2.45) is 5.92 Å². The lowest BCUT2D eigenvalue weighted by Gasteiger charge is -2.09. The van der Waals surface area contributed by atoms with Crippen molar-refractivity contribution in [1.29, 1.82) is 0 Å². The Morgan fingerprint density at radius 1 is 1.12 bits per heavy atom. The molecule has 1 rings (SSSR count).